The molecule has 214 valence electrons. The van der Waals surface area contributed by atoms with Crippen molar-refractivity contribution in [2.45, 2.75) is 50.2 Å². The molecule has 5 rings (SSSR count). The number of carbonyl (C=O) groups is 3. The molecule has 0 aromatic heterocycles. The van der Waals surface area contributed by atoms with Crippen molar-refractivity contribution < 1.29 is 24.2 Å². The number of amides is 2. The van der Waals surface area contributed by atoms with E-state index in [1.165, 1.54) is 0 Å². The molecular formula is C33H37N3O5. The summed E-state index contributed by atoms with van der Waals surface area (Å²) in [5.41, 5.74) is 5.56. The Morgan fingerprint density at radius 1 is 0.902 bits per heavy atom. The molecule has 41 heavy (non-hydrogen) atoms. The molecule has 8 heteroatoms. The van der Waals surface area contributed by atoms with Gasteiger partial charge >= 0.3 is 12.1 Å². The van der Waals surface area contributed by atoms with Crippen molar-refractivity contribution >= 4 is 18.0 Å². The van der Waals surface area contributed by atoms with Crippen molar-refractivity contribution in [1.82, 2.24) is 15.5 Å². The molecule has 1 fully saturated rings. The lowest BCUT2D eigenvalue weighted by atomic mass is 9.84. The van der Waals surface area contributed by atoms with Crippen LogP contribution in [0.5, 0.6) is 0 Å². The first kappa shape index (κ1) is 28.4. The third kappa shape index (κ3) is 6.77. The number of nitrogens with one attached hydrogen (secondary N) is 2. The topological polar surface area (TPSA) is 108 Å². The summed E-state index contributed by atoms with van der Waals surface area (Å²) in [5.74, 6) is -2.04. The Balaban J connectivity index is 1.27. The fourth-order valence-corrected chi connectivity index (χ4v) is 6.13. The second-order valence-corrected chi connectivity index (χ2v) is 11.0. The standard InChI is InChI=1S/C33H37N3O5/c1-36(19-22-11-3-2-4-12-22)20-30(31(37)34-29-18-10-9-17-27(29)32(38)39)35-33(40)41-21-28-25-15-7-5-13-23(25)24-14-6-8-16-26(24)28/h2-8,11-16,27-30H,9-10,17-21H2,1H3,(H,34,37)(H,35,40)(H,38,39)/t27-,29+,30?/m1/s1. The molecule has 2 aliphatic carbocycles. The Morgan fingerprint density at radius 3 is 2.17 bits per heavy atom. The van der Waals surface area contributed by atoms with Gasteiger partial charge in [0.25, 0.3) is 0 Å². The van der Waals surface area contributed by atoms with E-state index < -0.39 is 36.0 Å². The van der Waals surface area contributed by atoms with Crippen LogP contribution in [-0.2, 0) is 20.9 Å². The Kier molecular flexibility index (Phi) is 8.99. The lowest BCUT2D eigenvalue weighted by Crippen LogP contribution is -2.56. The number of nitrogens with zero attached hydrogens (tertiary/aromatic N) is 1. The van der Waals surface area contributed by atoms with Gasteiger partial charge in [0.15, 0.2) is 0 Å². The fourth-order valence-electron chi connectivity index (χ4n) is 6.13. The largest absolute Gasteiger partial charge is 0.481 e. The van der Waals surface area contributed by atoms with E-state index >= 15 is 0 Å². The molecule has 0 saturated heterocycles. The van der Waals surface area contributed by atoms with Gasteiger partial charge in [-0.05, 0) is 47.7 Å². The monoisotopic (exact) mass is 555 g/mol. The average Bonchev–Trinajstić information content (AvgIpc) is 3.30. The first-order chi connectivity index (χ1) is 19.9. The third-order valence-electron chi connectivity index (χ3n) is 8.15. The highest BCUT2D eigenvalue weighted by atomic mass is 16.5. The van der Waals surface area contributed by atoms with Gasteiger partial charge < -0.3 is 20.5 Å². The van der Waals surface area contributed by atoms with Gasteiger partial charge in [-0.2, -0.15) is 0 Å². The van der Waals surface area contributed by atoms with E-state index in [1.807, 2.05) is 66.5 Å². The number of alkyl carbamates (subject to hydrolysis) is 1. The van der Waals surface area contributed by atoms with Crippen LogP contribution in [0.1, 0.15) is 48.3 Å². The minimum atomic E-state index is -0.921. The number of benzene rings is 3. The van der Waals surface area contributed by atoms with Crippen LogP contribution in [0.25, 0.3) is 11.1 Å². The van der Waals surface area contributed by atoms with E-state index in [1.54, 1.807) is 0 Å². The third-order valence-corrected chi connectivity index (χ3v) is 8.15. The van der Waals surface area contributed by atoms with Crippen LogP contribution in [0.2, 0.25) is 0 Å². The quantitative estimate of drug-likeness (QED) is 0.332. The molecule has 0 bridgehead atoms. The van der Waals surface area contributed by atoms with Crippen molar-refractivity contribution in [3.05, 3.63) is 95.6 Å². The normalized spacial score (nSPS) is 18.7. The minimum Gasteiger partial charge on any atom is -0.481 e. The van der Waals surface area contributed by atoms with Crippen LogP contribution in [0.3, 0.4) is 0 Å². The summed E-state index contributed by atoms with van der Waals surface area (Å²) in [6, 6.07) is 24.7. The molecular weight excluding hydrogens is 518 g/mol. The maximum absolute atomic E-state index is 13.5. The summed E-state index contributed by atoms with van der Waals surface area (Å²) >= 11 is 0. The van der Waals surface area contributed by atoms with Crippen LogP contribution < -0.4 is 10.6 Å². The molecule has 3 aromatic carbocycles. The first-order valence-corrected chi connectivity index (χ1v) is 14.3. The SMILES string of the molecule is CN(Cc1ccccc1)CC(NC(=O)OCC1c2ccccc2-c2ccccc21)C(=O)N[C@H]1CCCC[C@H]1C(=O)O. The first-order valence-electron chi connectivity index (χ1n) is 14.3. The van der Waals surface area contributed by atoms with Crippen molar-refractivity contribution in [1.29, 1.82) is 0 Å². The predicted molar refractivity (Wildman–Crippen MR) is 156 cm³/mol. The van der Waals surface area contributed by atoms with E-state index in [-0.39, 0.29) is 19.1 Å². The van der Waals surface area contributed by atoms with Crippen LogP contribution >= 0.6 is 0 Å². The van der Waals surface area contributed by atoms with Crippen molar-refractivity contribution in [3.8, 4) is 11.1 Å². The van der Waals surface area contributed by atoms with Gasteiger partial charge in [-0.25, -0.2) is 4.79 Å². The van der Waals surface area contributed by atoms with Gasteiger partial charge in [0.05, 0.1) is 5.92 Å². The second-order valence-electron chi connectivity index (χ2n) is 11.0. The molecule has 3 atom stereocenters. The van der Waals surface area contributed by atoms with E-state index in [0.29, 0.717) is 19.4 Å². The maximum atomic E-state index is 13.5. The maximum Gasteiger partial charge on any atom is 0.407 e. The van der Waals surface area contributed by atoms with Gasteiger partial charge in [0, 0.05) is 25.0 Å². The Bertz CT molecular complexity index is 1330. The van der Waals surface area contributed by atoms with E-state index in [2.05, 4.69) is 34.9 Å². The van der Waals surface area contributed by atoms with Gasteiger partial charge in [-0.1, -0.05) is 91.7 Å². The highest BCUT2D eigenvalue weighted by molar-refractivity contribution is 5.87. The summed E-state index contributed by atoms with van der Waals surface area (Å²) in [6.45, 7) is 0.950. The molecule has 0 heterocycles. The Labute approximate surface area is 240 Å². The number of hydrogen-bond acceptors (Lipinski definition) is 5. The lowest BCUT2D eigenvalue weighted by Gasteiger charge is -2.31. The summed E-state index contributed by atoms with van der Waals surface area (Å²) in [7, 11) is 1.88. The number of carbonyl (C=O) groups excluding carboxylic acids is 2. The van der Waals surface area contributed by atoms with Crippen LogP contribution in [0.15, 0.2) is 78.9 Å². The molecule has 0 radical (unpaired) electrons. The predicted octanol–water partition coefficient (Wildman–Crippen LogP) is 4.79. The highest BCUT2D eigenvalue weighted by Crippen LogP contribution is 2.44. The Morgan fingerprint density at radius 2 is 1.51 bits per heavy atom. The number of hydrogen-bond donors (Lipinski definition) is 3. The number of ether oxygens (including phenoxy) is 1. The number of carboxylic acid groups (broad SMARTS) is 1. The van der Waals surface area contributed by atoms with Crippen LogP contribution in [0.4, 0.5) is 4.79 Å². The molecule has 3 N–H and O–H groups in total. The van der Waals surface area contributed by atoms with Gasteiger partial charge in [-0.3, -0.25) is 14.5 Å². The average molecular weight is 556 g/mol. The highest BCUT2D eigenvalue weighted by Gasteiger charge is 2.35. The van der Waals surface area contributed by atoms with E-state index in [0.717, 1.165) is 40.7 Å². The number of aliphatic carboxylic acids is 1. The van der Waals surface area contributed by atoms with Crippen molar-refractivity contribution in [2.75, 3.05) is 20.2 Å². The van der Waals surface area contributed by atoms with E-state index in [9.17, 15) is 19.5 Å². The fraction of sp³-hybridized carbons (Fsp3) is 0.364. The molecule has 0 aliphatic heterocycles. The van der Waals surface area contributed by atoms with Crippen LogP contribution in [-0.4, -0.2) is 60.3 Å². The zero-order valence-electron chi connectivity index (χ0n) is 23.3. The number of fused-ring (bicyclic) bond motifs is 3. The summed E-state index contributed by atoms with van der Waals surface area (Å²) < 4.78 is 5.73. The van der Waals surface area contributed by atoms with E-state index in [4.69, 9.17) is 4.74 Å². The zero-order valence-corrected chi connectivity index (χ0v) is 23.3. The summed E-state index contributed by atoms with van der Waals surface area (Å²) in [4.78, 5) is 40.4. The zero-order chi connectivity index (χ0) is 28.8. The molecule has 2 aliphatic rings. The summed E-state index contributed by atoms with van der Waals surface area (Å²) in [6.07, 6.45) is 2.12. The molecule has 3 aromatic rings. The number of likely N-dealkylation sites (N-methyl/N-ethyl adjacent to an activating group) is 1. The second kappa shape index (κ2) is 13.0. The summed E-state index contributed by atoms with van der Waals surface area (Å²) in [5, 5.41) is 15.4. The van der Waals surface area contributed by atoms with Gasteiger partial charge in [0.2, 0.25) is 5.91 Å². The Hall–Kier alpha value is -4.17. The van der Waals surface area contributed by atoms with Crippen molar-refractivity contribution in [3.63, 3.8) is 0 Å². The molecule has 8 nitrogen and oxygen atoms in total. The van der Waals surface area contributed by atoms with Gasteiger partial charge in [0.1, 0.15) is 12.6 Å². The smallest absolute Gasteiger partial charge is 0.407 e. The molecule has 1 unspecified atom stereocenters. The van der Waals surface area contributed by atoms with Crippen molar-refractivity contribution in [2.24, 2.45) is 5.92 Å². The van der Waals surface area contributed by atoms with Gasteiger partial charge in [-0.15, -0.1) is 0 Å². The lowest BCUT2D eigenvalue weighted by molar-refractivity contribution is -0.144. The molecule has 1 saturated carbocycles. The number of carboxylic acids is 1. The number of rotatable bonds is 10. The molecule has 0 spiro atoms. The minimum absolute atomic E-state index is 0.0975. The molecule has 2 amide bonds. The van der Waals surface area contributed by atoms with Crippen LogP contribution in [0, 0.1) is 5.92 Å².